The number of H-pyrrole nitrogens is 2. The molecule has 0 saturated heterocycles. The molecule has 6 rings (SSSR count). The minimum Gasteiger partial charge on any atom is -0.358 e. The lowest BCUT2D eigenvalue weighted by molar-refractivity contribution is 0.357. The van der Waals surface area contributed by atoms with E-state index in [4.69, 9.17) is 0 Å². The maximum Gasteiger partial charge on any atom is 0.138 e. The Labute approximate surface area is 239 Å². The highest BCUT2D eigenvalue weighted by Crippen LogP contribution is 2.31. The van der Waals surface area contributed by atoms with E-state index in [0.717, 1.165) is 79.0 Å². The molecule has 0 bridgehead atoms. The fraction of sp³-hybridized carbons (Fsp3) is 0.235. The average molecular weight is 542 g/mol. The molecule has 0 radical (unpaired) electrons. The van der Waals surface area contributed by atoms with Gasteiger partial charge in [-0.05, 0) is 72.4 Å². The maximum atomic E-state index is 4.68. The summed E-state index contributed by atoms with van der Waals surface area (Å²) < 4.78 is 0. The van der Waals surface area contributed by atoms with Crippen molar-refractivity contribution in [2.45, 2.75) is 45.4 Å². The van der Waals surface area contributed by atoms with Crippen LogP contribution in [-0.2, 0) is 0 Å². The zero-order valence-electron chi connectivity index (χ0n) is 23.5. The molecule has 0 aromatic carbocycles. The van der Waals surface area contributed by atoms with Gasteiger partial charge in [-0.25, -0.2) is 4.98 Å². The number of fused-ring (bicyclic) bond motifs is 1. The van der Waals surface area contributed by atoms with E-state index in [1.54, 1.807) is 12.4 Å². The summed E-state index contributed by atoms with van der Waals surface area (Å²) >= 11 is 0. The highest BCUT2D eigenvalue weighted by Gasteiger charge is 2.15. The van der Waals surface area contributed by atoms with Gasteiger partial charge in [0, 0.05) is 46.7 Å². The lowest BCUT2D eigenvalue weighted by Crippen LogP contribution is -2.23. The first kappa shape index (κ1) is 26.4. The zero-order valence-corrected chi connectivity index (χ0v) is 23.5. The number of nitrogens with zero attached hydrogens (tertiary/aromatic N) is 4. The van der Waals surface area contributed by atoms with E-state index < -0.39 is 0 Å². The number of hydrogen-bond acceptors (Lipinski definition) is 5. The van der Waals surface area contributed by atoms with Crippen LogP contribution in [0.5, 0.6) is 0 Å². The van der Waals surface area contributed by atoms with E-state index in [2.05, 4.69) is 66.8 Å². The van der Waals surface area contributed by atoms with E-state index in [-0.39, 0.29) is 0 Å². The first-order chi connectivity index (χ1) is 20.1. The normalized spacial score (nSPS) is 15.0. The third kappa shape index (κ3) is 5.75. The van der Waals surface area contributed by atoms with Crippen molar-refractivity contribution in [3.05, 3.63) is 96.3 Å². The summed E-state index contributed by atoms with van der Waals surface area (Å²) in [7, 11) is 0. The molecule has 5 aromatic rings. The lowest BCUT2D eigenvalue weighted by Gasteiger charge is -2.22. The van der Waals surface area contributed by atoms with Crippen molar-refractivity contribution in [1.29, 1.82) is 0 Å². The van der Waals surface area contributed by atoms with Crippen LogP contribution in [0.1, 0.15) is 51.0 Å². The van der Waals surface area contributed by atoms with Crippen LogP contribution in [-0.4, -0.2) is 30.1 Å². The molecular weight excluding hydrogens is 506 g/mol. The maximum absolute atomic E-state index is 4.68. The number of aromatic amines is 2. The van der Waals surface area contributed by atoms with Crippen LogP contribution in [0.25, 0.3) is 51.3 Å². The number of anilines is 1. The molecule has 0 unspecified atom stereocenters. The molecule has 1 saturated carbocycles. The van der Waals surface area contributed by atoms with Gasteiger partial charge in [0.2, 0.25) is 0 Å². The molecule has 1 aliphatic carbocycles. The molecule has 0 aliphatic heterocycles. The molecule has 5 heterocycles. The number of hydrogen-bond donors (Lipinski definition) is 3. The number of rotatable bonds is 8. The highest BCUT2D eigenvalue weighted by molar-refractivity contribution is 5.96. The topological polar surface area (TPSA) is 95.2 Å². The van der Waals surface area contributed by atoms with Gasteiger partial charge in [-0.2, -0.15) is 5.10 Å². The SMILES string of the molecule is C=C(CC1CCCCC1)Nc1cncc(C(=C)/C=c2/c(-c3cc4c(-c5ccncc5)ccnc4[nH]3)n[nH]/c2=C/C)c1. The Kier molecular flexibility index (Phi) is 7.58. The Morgan fingerprint density at radius 2 is 1.85 bits per heavy atom. The van der Waals surface area contributed by atoms with Crippen molar-refractivity contribution in [2.75, 3.05) is 5.32 Å². The molecule has 1 aliphatic rings. The van der Waals surface area contributed by atoms with Crippen LogP contribution in [0.2, 0.25) is 0 Å². The summed E-state index contributed by atoms with van der Waals surface area (Å²) in [5.41, 5.74) is 8.43. The Hall–Kier alpha value is -4.78. The summed E-state index contributed by atoms with van der Waals surface area (Å²) in [6.07, 6.45) is 20.8. The van der Waals surface area contributed by atoms with Gasteiger partial charge < -0.3 is 10.3 Å². The fourth-order valence-corrected chi connectivity index (χ4v) is 5.81. The summed E-state index contributed by atoms with van der Waals surface area (Å²) in [6.45, 7) is 10.7. The van der Waals surface area contributed by atoms with Gasteiger partial charge in [0.1, 0.15) is 11.3 Å². The van der Waals surface area contributed by atoms with Crippen molar-refractivity contribution in [3.8, 4) is 22.5 Å². The summed E-state index contributed by atoms with van der Waals surface area (Å²) in [5, 5.41) is 14.2. The zero-order chi connectivity index (χ0) is 28.2. The Morgan fingerprint density at radius 1 is 1.02 bits per heavy atom. The van der Waals surface area contributed by atoms with Gasteiger partial charge in [-0.1, -0.05) is 51.3 Å². The smallest absolute Gasteiger partial charge is 0.138 e. The van der Waals surface area contributed by atoms with Crippen molar-refractivity contribution >= 4 is 34.4 Å². The van der Waals surface area contributed by atoms with Crippen molar-refractivity contribution in [3.63, 3.8) is 0 Å². The van der Waals surface area contributed by atoms with Gasteiger partial charge in [0.15, 0.2) is 0 Å². The van der Waals surface area contributed by atoms with Crippen LogP contribution in [0.3, 0.4) is 0 Å². The number of pyridine rings is 3. The van der Waals surface area contributed by atoms with Gasteiger partial charge >= 0.3 is 0 Å². The molecule has 7 heteroatoms. The first-order valence-electron chi connectivity index (χ1n) is 14.3. The molecule has 3 N–H and O–H groups in total. The summed E-state index contributed by atoms with van der Waals surface area (Å²) in [4.78, 5) is 16.7. The molecule has 5 aromatic heterocycles. The van der Waals surface area contributed by atoms with E-state index in [1.165, 1.54) is 32.1 Å². The van der Waals surface area contributed by atoms with Crippen molar-refractivity contribution in [2.24, 2.45) is 5.92 Å². The third-order valence-corrected chi connectivity index (χ3v) is 7.91. The molecule has 7 nitrogen and oxygen atoms in total. The lowest BCUT2D eigenvalue weighted by atomic mass is 9.86. The molecule has 41 heavy (non-hydrogen) atoms. The van der Waals surface area contributed by atoms with Gasteiger partial charge in [-0.3, -0.25) is 15.1 Å². The van der Waals surface area contributed by atoms with Crippen LogP contribution in [0.15, 0.2) is 80.2 Å². The largest absolute Gasteiger partial charge is 0.358 e. The molecule has 0 spiro atoms. The molecule has 0 amide bonds. The quantitative estimate of drug-likeness (QED) is 0.206. The number of allylic oxidation sites excluding steroid dienone is 2. The Morgan fingerprint density at radius 3 is 2.66 bits per heavy atom. The number of aromatic nitrogens is 6. The van der Waals surface area contributed by atoms with E-state index in [9.17, 15) is 0 Å². The van der Waals surface area contributed by atoms with E-state index in [0.29, 0.717) is 0 Å². The highest BCUT2D eigenvalue weighted by atomic mass is 15.1. The van der Waals surface area contributed by atoms with E-state index in [1.807, 2.05) is 49.8 Å². The van der Waals surface area contributed by atoms with Crippen LogP contribution in [0, 0.1) is 5.92 Å². The number of nitrogens with one attached hydrogen (secondary N) is 3. The van der Waals surface area contributed by atoms with Gasteiger partial charge in [0.25, 0.3) is 0 Å². The average Bonchev–Trinajstić information content (AvgIpc) is 3.62. The predicted octanol–water partition coefficient (Wildman–Crippen LogP) is 6.60. The minimum atomic E-state index is 0.729. The second-order valence-corrected chi connectivity index (χ2v) is 10.8. The summed E-state index contributed by atoms with van der Waals surface area (Å²) in [5.74, 6) is 0.729. The molecular formula is C34H35N7. The second-order valence-electron chi connectivity index (χ2n) is 10.8. The fourth-order valence-electron chi connectivity index (χ4n) is 5.81. The standard InChI is InChI=1S/C34H35N7/c1-4-31-30(16-22(2)26-18-27(21-36-20-26)38-23(3)17-24-8-6-5-7-9-24)33(41-40-31)32-19-29-28(12-15-37-34(29)39-32)25-10-13-35-14-11-25/h4,10-16,18-21,24,38,40H,2-3,5-9,17H2,1H3,(H,37,39)/b30-16+,31-4+. The molecule has 1 fully saturated rings. The monoisotopic (exact) mass is 541 g/mol. The summed E-state index contributed by atoms with van der Waals surface area (Å²) in [6, 6.07) is 10.2. The second kappa shape index (κ2) is 11.8. The Balaban J connectivity index is 1.30. The van der Waals surface area contributed by atoms with Crippen molar-refractivity contribution in [1.82, 2.24) is 30.1 Å². The predicted molar refractivity (Wildman–Crippen MR) is 168 cm³/mol. The third-order valence-electron chi connectivity index (χ3n) is 7.91. The van der Waals surface area contributed by atoms with E-state index >= 15 is 0 Å². The minimum absolute atomic E-state index is 0.729. The van der Waals surface area contributed by atoms with Crippen LogP contribution in [0.4, 0.5) is 5.69 Å². The molecule has 206 valence electrons. The van der Waals surface area contributed by atoms with Crippen LogP contribution < -0.4 is 15.9 Å². The Bertz CT molecular complexity index is 1820. The van der Waals surface area contributed by atoms with Crippen LogP contribution >= 0.6 is 0 Å². The first-order valence-corrected chi connectivity index (χ1v) is 14.3. The molecule has 0 atom stereocenters. The van der Waals surface area contributed by atoms with Crippen molar-refractivity contribution < 1.29 is 0 Å². The van der Waals surface area contributed by atoms with Gasteiger partial charge in [0.05, 0.1) is 22.9 Å². The van der Waals surface area contributed by atoms with Gasteiger partial charge in [-0.15, -0.1) is 0 Å².